The molecule has 1 aromatic heterocycles. The molecule has 4 atom stereocenters. The van der Waals surface area contributed by atoms with Crippen molar-refractivity contribution in [1.29, 1.82) is 0 Å². The summed E-state index contributed by atoms with van der Waals surface area (Å²) < 4.78 is 0.731. The first-order valence-corrected chi connectivity index (χ1v) is 13.0. The zero-order valence-corrected chi connectivity index (χ0v) is 21.9. The van der Waals surface area contributed by atoms with Gasteiger partial charge in [0.2, 0.25) is 5.91 Å². The minimum atomic E-state index is -0.599. The van der Waals surface area contributed by atoms with Crippen molar-refractivity contribution in [3.8, 4) is 0 Å². The second kappa shape index (κ2) is 9.42. The average molecular weight is 585 g/mol. The van der Waals surface area contributed by atoms with E-state index in [1.165, 1.54) is 6.92 Å². The van der Waals surface area contributed by atoms with Crippen molar-refractivity contribution in [2.75, 3.05) is 5.01 Å². The van der Waals surface area contributed by atoms with E-state index >= 15 is 0 Å². The van der Waals surface area contributed by atoms with Crippen LogP contribution in [-0.2, 0) is 20.8 Å². The normalized spacial score (nSPS) is 24.7. The van der Waals surface area contributed by atoms with Gasteiger partial charge in [-0.2, -0.15) is 0 Å². The lowest BCUT2D eigenvalue weighted by atomic mass is 9.96. The number of aryl methyl sites for hydroxylation is 2. The van der Waals surface area contributed by atoms with Crippen LogP contribution in [0.25, 0.3) is 0 Å². The Morgan fingerprint density at radius 2 is 2.00 bits per heavy atom. The fraction of sp³-hybridized carbons (Fsp3) is 0.423. The number of rotatable bonds is 5. The van der Waals surface area contributed by atoms with E-state index in [1.54, 1.807) is 17.0 Å². The number of hydrazine groups is 1. The number of ketones is 1. The van der Waals surface area contributed by atoms with Crippen molar-refractivity contribution in [1.82, 2.24) is 9.88 Å². The fourth-order valence-electron chi connectivity index (χ4n) is 5.34. The number of aliphatic imine (C=N–C) groups is 1. The lowest BCUT2D eigenvalue weighted by molar-refractivity contribution is -0.139. The summed E-state index contributed by atoms with van der Waals surface area (Å²) in [5.41, 5.74) is 3.46. The number of carbonyl (C=O) groups excluding carboxylic acids is 3. The van der Waals surface area contributed by atoms with Gasteiger partial charge in [-0.1, -0.05) is 23.8 Å². The Balaban J connectivity index is 1.35. The lowest BCUT2D eigenvalue weighted by Crippen LogP contribution is -2.52. The topological polar surface area (TPSA) is 109 Å². The molecule has 5 rings (SSSR count). The van der Waals surface area contributed by atoms with E-state index in [0.29, 0.717) is 30.3 Å². The molecule has 2 N–H and O–H groups in total. The van der Waals surface area contributed by atoms with E-state index in [2.05, 4.69) is 27.6 Å². The number of Topliss-reactive ketones (excluding diaryl/α,β-unsaturated/α-hetero) is 1. The maximum atomic E-state index is 13.5. The smallest absolute Gasteiger partial charge is 0.265 e. The van der Waals surface area contributed by atoms with Crippen molar-refractivity contribution < 1.29 is 14.4 Å². The van der Waals surface area contributed by atoms with Crippen LogP contribution in [0.4, 0.5) is 5.82 Å². The van der Waals surface area contributed by atoms with Crippen molar-refractivity contribution in [2.24, 2.45) is 16.8 Å². The molecule has 3 aliphatic rings. The average Bonchev–Trinajstić information content (AvgIpc) is 3.52. The predicted octanol–water partition coefficient (Wildman–Crippen LogP) is 2.97. The molecule has 1 aliphatic carbocycles. The third-order valence-corrected chi connectivity index (χ3v) is 7.79. The molecule has 0 bridgehead atoms. The molecule has 1 unspecified atom stereocenters. The van der Waals surface area contributed by atoms with Gasteiger partial charge in [-0.05, 0) is 84.9 Å². The Hall–Kier alpha value is -2.66. The van der Waals surface area contributed by atoms with Gasteiger partial charge in [0.25, 0.3) is 5.91 Å². The highest BCUT2D eigenvalue weighted by Crippen LogP contribution is 2.48. The summed E-state index contributed by atoms with van der Waals surface area (Å²) >= 11 is 2.07. The van der Waals surface area contributed by atoms with E-state index in [9.17, 15) is 14.4 Å². The number of fused-ring (bicyclic) bond motifs is 2. The summed E-state index contributed by atoms with van der Waals surface area (Å²) in [6.07, 6.45) is 3.12. The quantitative estimate of drug-likeness (QED) is 0.191. The number of aromatic nitrogens is 1. The van der Waals surface area contributed by atoms with Crippen molar-refractivity contribution in [3.05, 3.63) is 56.8 Å². The molecule has 1 saturated carbocycles. The summed E-state index contributed by atoms with van der Waals surface area (Å²) in [6.45, 7) is 3.51. The largest absolute Gasteiger partial charge is 0.327 e. The Morgan fingerprint density at radius 3 is 2.74 bits per heavy atom. The van der Waals surface area contributed by atoms with E-state index < -0.39 is 6.04 Å². The van der Waals surface area contributed by atoms with Crippen LogP contribution < -0.4 is 10.9 Å². The van der Waals surface area contributed by atoms with Gasteiger partial charge >= 0.3 is 0 Å². The summed E-state index contributed by atoms with van der Waals surface area (Å²) in [5, 5.41) is 1.06. The van der Waals surface area contributed by atoms with E-state index in [1.807, 2.05) is 31.2 Å². The zero-order valence-electron chi connectivity index (χ0n) is 19.8. The maximum Gasteiger partial charge on any atom is 0.265 e. The van der Waals surface area contributed by atoms with E-state index in [-0.39, 0.29) is 36.1 Å². The van der Waals surface area contributed by atoms with E-state index in [0.717, 1.165) is 38.2 Å². The number of likely N-dealkylation sites (tertiary alicyclic amines) is 1. The van der Waals surface area contributed by atoms with Crippen LogP contribution >= 0.6 is 22.6 Å². The number of halogens is 1. The molecule has 1 aromatic carbocycles. The lowest BCUT2D eigenvalue weighted by Gasteiger charge is -2.30. The maximum absolute atomic E-state index is 13.5. The number of benzene rings is 1. The van der Waals surface area contributed by atoms with Gasteiger partial charge in [0.1, 0.15) is 15.5 Å². The molecule has 2 amide bonds. The monoisotopic (exact) mass is 585 g/mol. The van der Waals surface area contributed by atoms with Gasteiger partial charge in [-0.3, -0.25) is 19.4 Å². The molecule has 2 fully saturated rings. The Labute approximate surface area is 218 Å². The molecule has 35 heavy (non-hydrogen) atoms. The highest BCUT2D eigenvalue weighted by atomic mass is 127. The van der Waals surface area contributed by atoms with Crippen molar-refractivity contribution >= 4 is 51.7 Å². The molecule has 0 radical (unpaired) electrons. The second-order valence-corrected chi connectivity index (χ2v) is 10.8. The van der Waals surface area contributed by atoms with Gasteiger partial charge < -0.3 is 4.90 Å². The standard InChI is InChI=1S/C26H28IN5O3/c1-14-6-7-16-8-9-18(29-25(15(2)33)19(16)10-14)13-24(34)31-20-11-17(20)12-21(31)26(35)32(28)23-5-3-4-22(27)30-23/h3-7,10,17-18,20-21H,8-9,11-13,28H2,1-2H3/t17-,18?,20-,21+/m1/s1. The number of hydrogen-bond acceptors (Lipinski definition) is 6. The fourth-order valence-corrected chi connectivity index (χ4v) is 5.80. The summed E-state index contributed by atoms with van der Waals surface area (Å²) in [4.78, 5) is 50.1. The second-order valence-electron chi connectivity index (χ2n) is 9.73. The highest BCUT2D eigenvalue weighted by molar-refractivity contribution is 14.1. The van der Waals surface area contributed by atoms with Gasteiger partial charge in [0.15, 0.2) is 11.6 Å². The summed E-state index contributed by atoms with van der Waals surface area (Å²) in [7, 11) is 0. The third kappa shape index (κ3) is 4.75. The molecule has 8 nitrogen and oxygen atoms in total. The minimum Gasteiger partial charge on any atom is -0.327 e. The van der Waals surface area contributed by atoms with Gasteiger partial charge in [0.05, 0.1) is 6.04 Å². The van der Waals surface area contributed by atoms with Crippen LogP contribution in [0.1, 0.15) is 49.3 Å². The third-order valence-electron chi connectivity index (χ3n) is 7.18. The molecule has 2 aromatic rings. The first-order chi connectivity index (χ1) is 16.7. The predicted molar refractivity (Wildman–Crippen MR) is 141 cm³/mol. The number of carbonyl (C=O) groups is 3. The van der Waals surface area contributed by atoms with Crippen LogP contribution in [0.15, 0.2) is 41.4 Å². The SMILES string of the molecule is CC(=O)C1=NC(CC(=O)N2[C@@H]3C[C@@H]3C[C@H]2C(=O)N(N)c2cccc(I)n2)CCc2ccc(C)cc21. The van der Waals surface area contributed by atoms with Gasteiger partial charge in [-0.15, -0.1) is 0 Å². The molecular formula is C26H28IN5O3. The van der Waals surface area contributed by atoms with Crippen LogP contribution in [0.3, 0.4) is 0 Å². The summed E-state index contributed by atoms with van der Waals surface area (Å²) in [5.74, 6) is 6.32. The number of anilines is 1. The molecule has 3 heterocycles. The number of hydrogen-bond donors (Lipinski definition) is 1. The molecule has 1 saturated heterocycles. The molecule has 2 aliphatic heterocycles. The first kappa shape index (κ1) is 24.1. The molecular weight excluding hydrogens is 557 g/mol. The minimum absolute atomic E-state index is 0.0793. The Morgan fingerprint density at radius 1 is 1.20 bits per heavy atom. The van der Waals surface area contributed by atoms with Crippen molar-refractivity contribution in [2.45, 2.75) is 64.1 Å². The van der Waals surface area contributed by atoms with Gasteiger partial charge in [-0.25, -0.2) is 15.8 Å². The number of amides is 2. The number of piperidine rings is 1. The zero-order chi connectivity index (χ0) is 24.9. The molecule has 182 valence electrons. The Bertz CT molecular complexity index is 1250. The summed E-state index contributed by atoms with van der Waals surface area (Å²) in [6, 6.07) is 10.6. The molecule has 9 heteroatoms. The van der Waals surface area contributed by atoms with E-state index in [4.69, 9.17) is 10.8 Å². The van der Waals surface area contributed by atoms with Crippen LogP contribution in [0.5, 0.6) is 0 Å². The first-order valence-electron chi connectivity index (χ1n) is 11.9. The van der Waals surface area contributed by atoms with Crippen LogP contribution in [-0.4, -0.2) is 51.3 Å². The highest BCUT2D eigenvalue weighted by Gasteiger charge is 2.56. The van der Waals surface area contributed by atoms with Crippen LogP contribution in [0, 0.1) is 16.5 Å². The molecule has 0 spiro atoms. The van der Waals surface area contributed by atoms with Crippen molar-refractivity contribution in [3.63, 3.8) is 0 Å². The Kier molecular flexibility index (Phi) is 6.47. The van der Waals surface area contributed by atoms with Crippen LogP contribution in [0.2, 0.25) is 0 Å². The number of nitrogens with two attached hydrogens (primary N) is 1. The number of pyridine rings is 1. The van der Waals surface area contributed by atoms with Gasteiger partial charge in [0, 0.05) is 24.9 Å². The number of nitrogens with zero attached hydrogens (tertiary/aromatic N) is 4.